The Labute approximate surface area is 152 Å². The van der Waals surface area contributed by atoms with Crippen molar-refractivity contribution >= 4 is 11.9 Å². The first-order chi connectivity index (χ1) is 12.2. The molecule has 0 saturated carbocycles. The molecule has 3 N–H and O–H groups in total. The van der Waals surface area contributed by atoms with Crippen LogP contribution in [-0.4, -0.2) is 81.8 Å². The van der Waals surface area contributed by atoms with Gasteiger partial charge in [-0.1, -0.05) is 19.9 Å². The molecule has 3 heterocycles. The molecule has 0 aromatic rings. The first-order valence-electron chi connectivity index (χ1n) is 9.07. The lowest BCUT2D eigenvalue weighted by Crippen LogP contribution is -2.62. The smallest absolute Gasteiger partial charge is 0.344 e. The molecule has 8 heteroatoms. The highest BCUT2D eigenvalue weighted by Crippen LogP contribution is 2.36. The number of esters is 2. The normalized spacial score (nSPS) is 39.7. The molecular formula is C18H27NO7. The van der Waals surface area contributed by atoms with Crippen LogP contribution < -0.4 is 0 Å². The SMILES string of the molecule is CC(C)[C@H]1C(=O)O[C@H]2CCN3CC=C(COC(=O)[C@](O)([C@H](C)O)[C@@H]1O)[C@H]23. The highest BCUT2D eigenvalue weighted by atomic mass is 16.6. The first-order valence-corrected chi connectivity index (χ1v) is 9.07. The summed E-state index contributed by atoms with van der Waals surface area (Å²) in [5.74, 6) is -3.43. The highest BCUT2D eigenvalue weighted by Gasteiger charge is 2.56. The number of carbonyl (C=O) groups is 2. The quantitative estimate of drug-likeness (QED) is 0.429. The fraction of sp³-hybridized carbons (Fsp3) is 0.778. The molecule has 0 unspecified atom stereocenters. The molecule has 6 atom stereocenters. The van der Waals surface area contributed by atoms with Crippen molar-refractivity contribution in [2.75, 3.05) is 19.7 Å². The molecule has 3 aliphatic heterocycles. The van der Waals surface area contributed by atoms with E-state index in [0.29, 0.717) is 13.0 Å². The Morgan fingerprint density at radius 2 is 2.00 bits per heavy atom. The van der Waals surface area contributed by atoms with Crippen molar-refractivity contribution in [3.63, 3.8) is 0 Å². The van der Waals surface area contributed by atoms with Gasteiger partial charge in [0.25, 0.3) is 0 Å². The Morgan fingerprint density at radius 1 is 1.31 bits per heavy atom. The molecule has 0 aromatic carbocycles. The van der Waals surface area contributed by atoms with Gasteiger partial charge >= 0.3 is 11.9 Å². The van der Waals surface area contributed by atoms with Gasteiger partial charge in [-0.15, -0.1) is 0 Å². The molecule has 0 spiro atoms. The van der Waals surface area contributed by atoms with E-state index in [0.717, 1.165) is 12.1 Å². The van der Waals surface area contributed by atoms with Crippen molar-refractivity contribution in [1.29, 1.82) is 0 Å². The summed E-state index contributed by atoms with van der Waals surface area (Å²) in [6, 6.07) is -0.158. The van der Waals surface area contributed by atoms with Crippen LogP contribution in [0.1, 0.15) is 27.2 Å². The van der Waals surface area contributed by atoms with Gasteiger partial charge in [0.2, 0.25) is 5.60 Å². The van der Waals surface area contributed by atoms with Gasteiger partial charge in [0, 0.05) is 13.1 Å². The van der Waals surface area contributed by atoms with E-state index in [9.17, 15) is 24.9 Å². The molecule has 2 saturated heterocycles. The summed E-state index contributed by atoms with van der Waals surface area (Å²) in [5, 5.41) is 31.5. The predicted octanol–water partition coefficient (Wildman–Crippen LogP) is -0.786. The zero-order chi connectivity index (χ0) is 19.2. The molecule has 0 aromatic heterocycles. The molecule has 0 radical (unpaired) electrons. The monoisotopic (exact) mass is 369 g/mol. The van der Waals surface area contributed by atoms with E-state index in [1.807, 2.05) is 6.08 Å². The molecule has 3 rings (SSSR count). The van der Waals surface area contributed by atoms with Gasteiger partial charge in [0.1, 0.15) is 18.8 Å². The number of rotatable bonds is 2. The lowest BCUT2D eigenvalue weighted by molar-refractivity contribution is -0.206. The molecule has 2 fully saturated rings. The van der Waals surface area contributed by atoms with Crippen LogP contribution in [0, 0.1) is 11.8 Å². The fourth-order valence-corrected chi connectivity index (χ4v) is 4.20. The van der Waals surface area contributed by atoms with Gasteiger partial charge in [-0.05, 0) is 24.8 Å². The average Bonchev–Trinajstić information content (AvgIpc) is 3.13. The maximum Gasteiger partial charge on any atom is 0.344 e. The summed E-state index contributed by atoms with van der Waals surface area (Å²) >= 11 is 0. The second-order valence-corrected chi connectivity index (χ2v) is 7.77. The number of nitrogens with zero attached hydrogens (tertiary/aromatic N) is 1. The molecule has 146 valence electrons. The van der Waals surface area contributed by atoms with E-state index in [-0.39, 0.29) is 18.8 Å². The third-order valence-electron chi connectivity index (χ3n) is 5.80. The van der Waals surface area contributed by atoms with Crippen molar-refractivity contribution in [2.45, 2.75) is 57.1 Å². The van der Waals surface area contributed by atoms with E-state index in [1.54, 1.807) is 13.8 Å². The van der Waals surface area contributed by atoms with Crippen LogP contribution in [0.2, 0.25) is 0 Å². The zero-order valence-corrected chi connectivity index (χ0v) is 15.3. The number of hydrogen-bond donors (Lipinski definition) is 3. The highest BCUT2D eigenvalue weighted by molar-refractivity contribution is 5.83. The second kappa shape index (κ2) is 6.92. The largest absolute Gasteiger partial charge is 0.460 e. The van der Waals surface area contributed by atoms with Gasteiger partial charge in [0.15, 0.2) is 0 Å². The maximum absolute atomic E-state index is 12.8. The topological polar surface area (TPSA) is 117 Å². The summed E-state index contributed by atoms with van der Waals surface area (Å²) in [5.41, 5.74) is -1.81. The van der Waals surface area contributed by atoms with Crippen molar-refractivity contribution in [2.24, 2.45) is 11.8 Å². The number of cyclic esters (lactones) is 1. The number of aliphatic hydroxyl groups excluding tert-OH is 2. The third kappa shape index (κ3) is 2.94. The molecule has 8 nitrogen and oxygen atoms in total. The summed E-state index contributed by atoms with van der Waals surface area (Å²) in [6.07, 6.45) is -1.29. The third-order valence-corrected chi connectivity index (χ3v) is 5.80. The lowest BCUT2D eigenvalue weighted by Gasteiger charge is -2.37. The minimum atomic E-state index is -2.62. The van der Waals surface area contributed by atoms with Crippen molar-refractivity contribution in [3.8, 4) is 0 Å². The number of carbonyl (C=O) groups excluding carboxylic acids is 2. The van der Waals surface area contributed by atoms with Gasteiger partial charge in [-0.3, -0.25) is 9.69 Å². The minimum absolute atomic E-state index is 0.0812. The van der Waals surface area contributed by atoms with Crippen LogP contribution in [0.15, 0.2) is 11.6 Å². The van der Waals surface area contributed by atoms with Crippen LogP contribution in [0.4, 0.5) is 0 Å². The molecule has 0 bridgehead atoms. The number of hydrogen-bond acceptors (Lipinski definition) is 8. The number of aliphatic hydroxyl groups is 3. The van der Waals surface area contributed by atoms with Gasteiger partial charge in [-0.2, -0.15) is 0 Å². The van der Waals surface area contributed by atoms with Gasteiger partial charge in [0.05, 0.1) is 18.1 Å². The van der Waals surface area contributed by atoms with E-state index in [2.05, 4.69) is 4.90 Å². The van der Waals surface area contributed by atoms with E-state index < -0.39 is 41.6 Å². The molecule has 3 aliphatic rings. The van der Waals surface area contributed by atoms with E-state index in [4.69, 9.17) is 9.47 Å². The summed E-state index contributed by atoms with van der Waals surface area (Å²) in [7, 11) is 0. The van der Waals surface area contributed by atoms with Crippen LogP contribution in [0.3, 0.4) is 0 Å². The molecule has 0 amide bonds. The molecule has 0 aliphatic carbocycles. The standard InChI is InChI=1S/C18H27NO7/c1-9(2)13-15(21)18(24,10(3)20)17(23)25-8-11-4-6-19-7-5-12(14(11)19)26-16(13)22/h4,9-10,12-15,20-21,24H,5-8H2,1-3H3/t10-,12-,13+,14+,15+,18-/m0/s1. The van der Waals surface area contributed by atoms with Gasteiger partial charge < -0.3 is 24.8 Å². The summed E-state index contributed by atoms with van der Waals surface area (Å²) < 4.78 is 11.0. The van der Waals surface area contributed by atoms with Crippen molar-refractivity contribution < 1.29 is 34.4 Å². The Morgan fingerprint density at radius 3 is 2.62 bits per heavy atom. The van der Waals surface area contributed by atoms with E-state index >= 15 is 0 Å². The van der Waals surface area contributed by atoms with Gasteiger partial charge in [-0.25, -0.2) is 4.79 Å². The maximum atomic E-state index is 12.8. The average molecular weight is 369 g/mol. The zero-order valence-electron chi connectivity index (χ0n) is 15.3. The number of ether oxygens (including phenoxy) is 2. The second-order valence-electron chi connectivity index (χ2n) is 7.77. The van der Waals surface area contributed by atoms with Crippen LogP contribution in [-0.2, 0) is 19.1 Å². The Hall–Kier alpha value is -1.48. The van der Waals surface area contributed by atoms with Crippen molar-refractivity contribution in [3.05, 3.63) is 11.6 Å². The Balaban J connectivity index is 2.01. The fourth-order valence-electron chi connectivity index (χ4n) is 4.20. The first kappa shape index (κ1) is 19.3. The lowest BCUT2D eigenvalue weighted by atomic mass is 9.78. The van der Waals surface area contributed by atoms with Crippen LogP contribution in [0.25, 0.3) is 0 Å². The molecule has 26 heavy (non-hydrogen) atoms. The summed E-state index contributed by atoms with van der Waals surface area (Å²) in [6.45, 7) is 5.92. The van der Waals surface area contributed by atoms with Crippen LogP contribution >= 0.6 is 0 Å². The summed E-state index contributed by atoms with van der Waals surface area (Å²) in [4.78, 5) is 27.5. The van der Waals surface area contributed by atoms with E-state index in [1.165, 1.54) is 6.92 Å². The predicted molar refractivity (Wildman–Crippen MR) is 89.9 cm³/mol. The van der Waals surface area contributed by atoms with Crippen LogP contribution in [0.5, 0.6) is 0 Å². The van der Waals surface area contributed by atoms with Crippen molar-refractivity contribution in [1.82, 2.24) is 4.90 Å². The molecular weight excluding hydrogens is 342 g/mol. The Kier molecular flexibility index (Phi) is 5.13. The minimum Gasteiger partial charge on any atom is -0.460 e. The Bertz CT molecular complexity index is 617.